The van der Waals surface area contributed by atoms with Crippen LogP contribution in [0.2, 0.25) is 0 Å². The summed E-state index contributed by atoms with van der Waals surface area (Å²) in [5.41, 5.74) is 2.43. The van der Waals surface area contributed by atoms with Crippen LogP contribution in [0.4, 0.5) is 0 Å². The van der Waals surface area contributed by atoms with Crippen LogP contribution in [0.15, 0.2) is 28.6 Å². The third-order valence-corrected chi connectivity index (χ3v) is 5.07. The third-order valence-electron chi connectivity index (χ3n) is 3.10. The molecule has 1 N–H and O–H groups in total. The van der Waals surface area contributed by atoms with Gasteiger partial charge in [0.15, 0.2) is 4.34 Å². The molecule has 1 atom stereocenters. The Kier molecular flexibility index (Phi) is 5.76. The summed E-state index contributed by atoms with van der Waals surface area (Å²) in [4.78, 5) is 12.0. The molecule has 1 aromatic carbocycles. The van der Waals surface area contributed by atoms with Crippen molar-refractivity contribution in [1.29, 1.82) is 0 Å². The van der Waals surface area contributed by atoms with Crippen molar-refractivity contribution in [2.75, 3.05) is 5.75 Å². The Labute approximate surface area is 133 Å². The maximum atomic E-state index is 12.0. The minimum absolute atomic E-state index is 0.0138. The molecule has 1 heterocycles. The molecule has 1 amide bonds. The van der Waals surface area contributed by atoms with Crippen LogP contribution < -0.4 is 5.32 Å². The number of nitrogens with zero attached hydrogens (tertiary/aromatic N) is 2. The molecule has 1 unspecified atom stereocenters. The van der Waals surface area contributed by atoms with E-state index in [0.717, 1.165) is 21.3 Å². The molecular weight excluding hydrogens is 302 g/mol. The molecule has 0 bridgehead atoms. The summed E-state index contributed by atoms with van der Waals surface area (Å²) in [6.07, 6.45) is 1.03. The van der Waals surface area contributed by atoms with Gasteiger partial charge >= 0.3 is 0 Å². The van der Waals surface area contributed by atoms with Gasteiger partial charge in [-0.3, -0.25) is 4.79 Å². The zero-order chi connectivity index (χ0) is 15.2. The first-order chi connectivity index (χ1) is 10.1. The van der Waals surface area contributed by atoms with E-state index in [-0.39, 0.29) is 11.9 Å². The molecule has 0 fully saturated rings. The van der Waals surface area contributed by atoms with Crippen molar-refractivity contribution in [3.8, 4) is 0 Å². The lowest BCUT2D eigenvalue weighted by Gasteiger charge is -2.14. The van der Waals surface area contributed by atoms with Gasteiger partial charge in [-0.15, -0.1) is 10.2 Å². The molecule has 1 aromatic heterocycles. The number of aromatic nitrogens is 2. The number of amides is 1. The van der Waals surface area contributed by atoms with E-state index >= 15 is 0 Å². The summed E-state index contributed by atoms with van der Waals surface area (Å²) in [6, 6.07) is 8.38. The van der Waals surface area contributed by atoms with E-state index in [1.165, 1.54) is 28.7 Å². The molecule has 0 saturated carbocycles. The SMILES string of the molecule is CCc1ccc(C(C)NC(=O)CSc2nnc(C)s2)cc1. The van der Waals surface area contributed by atoms with E-state index in [1.807, 2.05) is 13.8 Å². The van der Waals surface area contributed by atoms with Crippen molar-refractivity contribution < 1.29 is 4.79 Å². The average Bonchev–Trinajstić information content (AvgIpc) is 2.91. The molecule has 6 heteroatoms. The molecular formula is C15H19N3OS2. The summed E-state index contributed by atoms with van der Waals surface area (Å²) in [5.74, 6) is 0.381. The first kappa shape index (κ1) is 16.0. The molecule has 0 saturated heterocycles. The van der Waals surface area contributed by atoms with Gasteiger partial charge in [0.2, 0.25) is 5.91 Å². The number of rotatable bonds is 6. The fourth-order valence-corrected chi connectivity index (χ4v) is 3.50. The van der Waals surface area contributed by atoms with Crippen LogP contribution in [0.5, 0.6) is 0 Å². The van der Waals surface area contributed by atoms with E-state index < -0.39 is 0 Å². The number of aryl methyl sites for hydroxylation is 2. The highest BCUT2D eigenvalue weighted by atomic mass is 32.2. The predicted octanol–water partition coefficient (Wildman–Crippen LogP) is 3.38. The Balaban J connectivity index is 1.83. The highest BCUT2D eigenvalue weighted by molar-refractivity contribution is 8.01. The van der Waals surface area contributed by atoms with E-state index in [4.69, 9.17) is 0 Å². The van der Waals surface area contributed by atoms with Gasteiger partial charge < -0.3 is 5.32 Å². The Morgan fingerprint density at radius 1 is 1.33 bits per heavy atom. The number of carbonyl (C=O) groups excluding carboxylic acids is 1. The molecule has 0 radical (unpaired) electrons. The first-order valence-electron chi connectivity index (χ1n) is 6.89. The Morgan fingerprint density at radius 2 is 2.05 bits per heavy atom. The molecule has 4 nitrogen and oxygen atoms in total. The maximum absolute atomic E-state index is 12.0. The standard InChI is InChI=1S/C15H19N3OS2/c1-4-12-5-7-13(8-6-12)10(2)16-14(19)9-20-15-18-17-11(3)21-15/h5-8,10H,4,9H2,1-3H3,(H,16,19). The predicted molar refractivity (Wildman–Crippen MR) is 87.7 cm³/mol. The number of nitrogens with one attached hydrogen (secondary N) is 1. The van der Waals surface area contributed by atoms with Gasteiger partial charge in [0.1, 0.15) is 5.01 Å². The van der Waals surface area contributed by atoms with Gasteiger partial charge in [0.25, 0.3) is 0 Å². The second-order valence-corrected chi connectivity index (χ2v) is 7.16. The summed E-state index contributed by atoms with van der Waals surface area (Å²) in [6.45, 7) is 6.04. The number of hydrogen-bond acceptors (Lipinski definition) is 5. The molecule has 2 rings (SSSR count). The highest BCUT2D eigenvalue weighted by Gasteiger charge is 2.11. The summed E-state index contributed by atoms with van der Waals surface area (Å²) in [7, 11) is 0. The number of benzene rings is 1. The lowest BCUT2D eigenvalue weighted by atomic mass is 10.1. The molecule has 0 aliphatic carbocycles. The number of hydrogen-bond donors (Lipinski definition) is 1. The van der Waals surface area contributed by atoms with E-state index in [9.17, 15) is 4.79 Å². The fourth-order valence-electron chi connectivity index (χ4n) is 1.87. The van der Waals surface area contributed by atoms with Gasteiger partial charge in [0.05, 0.1) is 11.8 Å². The van der Waals surface area contributed by atoms with Crippen molar-refractivity contribution in [3.05, 3.63) is 40.4 Å². The molecule has 0 aliphatic rings. The quantitative estimate of drug-likeness (QED) is 0.829. The van der Waals surface area contributed by atoms with Crippen LogP contribution in [0.3, 0.4) is 0 Å². The second kappa shape index (κ2) is 7.56. The van der Waals surface area contributed by atoms with Gasteiger partial charge in [-0.1, -0.05) is 54.3 Å². The van der Waals surface area contributed by atoms with Crippen LogP contribution in [0.25, 0.3) is 0 Å². The van der Waals surface area contributed by atoms with Crippen LogP contribution >= 0.6 is 23.1 Å². The van der Waals surface area contributed by atoms with Crippen LogP contribution in [-0.2, 0) is 11.2 Å². The monoisotopic (exact) mass is 321 g/mol. The Morgan fingerprint density at radius 3 is 2.62 bits per heavy atom. The minimum atomic E-state index is 0.0138. The average molecular weight is 321 g/mol. The van der Waals surface area contributed by atoms with E-state index in [2.05, 4.69) is 46.7 Å². The molecule has 112 valence electrons. The fraction of sp³-hybridized carbons (Fsp3) is 0.400. The normalized spacial score (nSPS) is 12.1. The van der Waals surface area contributed by atoms with Crippen molar-refractivity contribution in [2.45, 2.75) is 37.6 Å². The van der Waals surface area contributed by atoms with Crippen molar-refractivity contribution >= 4 is 29.0 Å². The molecule has 21 heavy (non-hydrogen) atoms. The molecule has 0 aliphatic heterocycles. The van der Waals surface area contributed by atoms with E-state index in [0.29, 0.717) is 5.75 Å². The molecule has 0 spiro atoms. The first-order valence-corrected chi connectivity index (χ1v) is 8.69. The summed E-state index contributed by atoms with van der Waals surface area (Å²) >= 11 is 2.94. The minimum Gasteiger partial charge on any atom is -0.349 e. The lowest BCUT2D eigenvalue weighted by Crippen LogP contribution is -2.28. The number of carbonyl (C=O) groups is 1. The van der Waals surface area contributed by atoms with Gasteiger partial charge in [-0.2, -0.15) is 0 Å². The zero-order valence-electron chi connectivity index (χ0n) is 12.4. The van der Waals surface area contributed by atoms with Crippen LogP contribution in [0, 0.1) is 6.92 Å². The van der Waals surface area contributed by atoms with Crippen LogP contribution in [-0.4, -0.2) is 21.9 Å². The van der Waals surface area contributed by atoms with Crippen LogP contribution in [0.1, 0.15) is 36.0 Å². The Bertz CT molecular complexity index is 595. The third kappa shape index (κ3) is 4.82. The van der Waals surface area contributed by atoms with Gasteiger partial charge in [-0.05, 0) is 31.4 Å². The van der Waals surface area contributed by atoms with Crippen molar-refractivity contribution in [3.63, 3.8) is 0 Å². The van der Waals surface area contributed by atoms with Gasteiger partial charge in [0, 0.05) is 0 Å². The van der Waals surface area contributed by atoms with Crippen molar-refractivity contribution in [2.24, 2.45) is 0 Å². The van der Waals surface area contributed by atoms with Crippen molar-refractivity contribution in [1.82, 2.24) is 15.5 Å². The highest BCUT2D eigenvalue weighted by Crippen LogP contribution is 2.22. The Hall–Kier alpha value is -1.40. The lowest BCUT2D eigenvalue weighted by molar-refractivity contribution is -0.119. The summed E-state index contributed by atoms with van der Waals surface area (Å²) < 4.78 is 0.836. The zero-order valence-corrected chi connectivity index (χ0v) is 14.1. The summed E-state index contributed by atoms with van der Waals surface area (Å²) in [5, 5.41) is 11.9. The smallest absolute Gasteiger partial charge is 0.230 e. The maximum Gasteiger partial charge on any atom is 0.230 e. The number of thioether (sulfide) groups is 1. The largest absolute Gasteiger partial charge is 0.349 e. The topological polar surface area (TPSA) is 54.9 Å². The van der Waals surface area contributed by atoms with E-state index in [1.54, 1.807) is 0 Å². The molecule has 2 aromatic rings. The second-order valence-electron chi connectivity index (χ2n) is 4.76. The van der Waals surface area contributed by atoms with Gasteiger partial charge in [-0.25, -0.2) is 0 Å².